The zero-order valence-electron chi connectivity index (χ0n) is 7.44. The van der Waals surface area contributed by atoms with E-state index in [1.54, 1.807) is 0 Å². The summed E-state index contributed by atoms with van der Waals surface area (Å²) in [5, 5.41) is 14.6. The van der Waals surface area contributed by atoms with Gasteiger partial charge in [0.25, 0.3) is 0 Å². The summed E-state index contributed by atoms with van der Waals surface area (Å²) in [7, 11) is 0. The second-order valence-electron chi connectivity index (χ2n) is 3.02. The first-order valence-electron chi connectivity index (χ1n) is 4.21. The van der Waals surface area contributed by atoms with Gasteiger partial charge in [0.1, 0.15) is 18.1 Å². The van der Waals surface area contributed by atoms with Gasteiger partial charge in [0, 0.05) is 0 Å². The van der Waals surface area contributed by atoms with Crippen LogP contribution < -0.4 is 22.1 Å². The summed E-state index contributed by atoms with van der Waals surface area (Å²) < 4.78 is 0. The lowest BCUT2D eigenvalue weighted by Gasteiger charge is -2.28. The van der Waals surface area contributed by atoms with Gasteiger partial charge in [0.2, 0.25) is 0 Å². The molecule has 2 rings (SSSR count). The minimum Gasteiger partial charge on any atom is -0.390 e. The fourth-order valence-corrected chi connectivity index (χ4v) is 1.31. The number of hydrogen-bond acceptors (Lipinski definition) is 7. The van der Waals surface area contributed by atoms with Crippen molar-refractivity contribution in [2.75, 3.05) is 5.32 Å². The van der Waals surface area contributed by atoms with Crippen LogP contribution in [0.3, 0.4) is 0 Å². The highest BCUT2D eigenvalue weighted by Gasteiger charge is 2.23. The standard InChI is InChI=1S/C7H12N6O/c8-5-4-6(13-7(9)12-5)10-1-3(2-14)11-4/h1,5,7,12,14H,2,8-9H2,(H,10,13). The molecular formula is C7H12N6O. The minimum atomic E-state index is -0.458. The van der Waals surface area contributed by atoms with Crippen molar-refractivity contribution in [3.63, 3.8) is 0 Å². The first kappa shape index (κ1) is 9.28. The zero-order valence-corrected chi connectivity index (χ0v) is 7.44. The summed E-state index contributed by atoms with van der Waals surface area (Å²) >= 11 is 0. The van der Waals surface area contributed by atoms with Crippen molar-refractivity contribution in [1.29, 1.82) is 0 Å². The molecule has 0 bridgehead atoms. The number of rotatable bonds is 1. The van der Waals surface area contributed by atoms with Crippen LogP contribution in [0.4, 0.5) is 5.82 Å². The monoisotopic (exact) mass is 196 g/mol. The van der Waals surface area contributed by atoms with E-state index in [9.17, 15) is 0 Å². The minimum absolute atomic E-state index is 0.154. The highest BCUT2D eigenvalue weighted by molar-refractivity contribution is 5.44. The van der Waals surface area contributed by atoms with Gasteiger partial charge in [-0.3, -0.25) is 11.1 Å². The Morgan fingerprint density at radius 2 is 2.29 bits per heavy atom. The maximum atomic E-state index is 8.87. The number of nitrogens with one attached hydrogen (secondary N) is 2. The number of aromatic nitrogens is 2. The van der Waals surface area contributed by atoms with Crippen molar-refractivity contribution in [1.82, 2.24) is 15.3 Å². The molecule has 2 atom stereocenters. The third-order valence-corrected chi connectivity index (χ3v) is 1.96. The molecule has 0 amide bonds. The molecule has 14 heavy (non-hydrogen) atoms. The van der Waals surface area contributed by atoms with Crippen molar-refractivity contribution in [2.45, 2.75) is 19.1 Å². The topological polar surface area (TPSA) is 122 Å². The Bertz CT molecular complexity index is 343. The number of anilines is 1. The predicted octanol–water partition coefficient (Wildman–Crippen LogP) is -1.82. The maximum Gasteiger partial charge on any atom is 0.153 e. The summed E-state index contributed by atoms with van der Waals surface area (Å²) in [6, 6.07) is 0. The molecule has 0 spiro atoms. The van der Waals surface area contributed by atoms with Gasteiger partial charge >= 0.3 is 0 Å². The Hall–Kier alpha value is -1.28. The molecule has 0 saturated carbocycles. The molecule has 7 nitrogen and oxygen atoms in total. The van der Waals surface area contributed by atoms with Crippen molar-refractivity contribution >= 4 is 5.82 Å². The first-order valence-corrected chi connectivity index (χ1v) is 4.21. The van der Waals surface area contributed by atoms with Gasteiger partial charge in [0.15, 0.2) is 5.82 Å². The van der Waals surface area contributed by atoms with E-state index in [0.29, 0.717) is 17.2 Å². The second-order valence-corrected chi connectivity index (χ2v) is 3.02. The first-order chi connectivity index (χ1) is 6.70. The zero-order chi connectivity index (χ0) is 10.1. The van der Waals surface area contributed by atoms with E-state index in [1.165, 1.54) is 6.20 Å². The van der Waals surface area contributed by atoms with Crippen molar-refractivity contribution in [3.05, 3.63) is 17.6 Å². The highest BCUT2D eigenvalue weighted by atomic mass is 16.3. The van der Waals surface area contributed by atoms with Crippen LogP contribution in [-0.4, -0.2) is 21.4 Å². The Labute approximate surface area is 80.5 Å². The second kappa shape index (κ2) is 3.46. The molecule has 7 heteroatoms. The van der Waals surface area contributed by atoms with Crippen LogP contribution in [0.15, 0.2) is 6.20 Å². The van der Waals surface area contributed by atoms with E-state index < -0.39 is 12.5 Å². The molecule has 76 valence electrons. The lowest BCUT2D eigenvalue weighted by Crippen LogP contribution is -2.52. The van der Waals surface area contributed by atoms with Crippen LogP contribution in [0.5, 0.6) is 0 Å². The van der Waals surface area contributed by atoms with Crippen LogP contribution >= 0.6 is 0 Å². The SMILES string of the molecule is NC1Nc2ncc(CO)nc2C(N)N1. The van der Waals surface area contributed by atoms with Gasteiger partial charge < -0.3 is 16.2 Å². The van der Waals surface area contributed by atoms with E-state index >= 15 is 0 Å². The summed E-state index contributed by atoms with van der Waals surface area (Å²) in [6.07, 6.45) is 0.600. The molecule has 0 saturated heterocycles. The molecule has 2 heterocycles. The van der Waals surface area contributed by atoms with E-state index in [4.69, 9.17) is 16.6 Å². The Morgan fingerprint density at radius 1 is 1.50 bits per heavy atom. The average Bonchev–Trinajstić information content (AvgIpc) is 2.17. The molecular weight excluding hydrogens is 184 g/mol. The fraction of sp³-hybridized carbons (Fsp3) is 0.429. The molecule has 7 N–H and O–H groups in total. The molecule has 1 aromatic rings. The summed E-state index contributed by atoms with van der Waals surface area (Å²) in [5.74, 6) is 0.556. The van der Waals surface area contributed by atoms with E-state index in [2.05, 4.69) is 20.6 Å². The number of hydrogen-bond donors (Lipinski definition) is 5. The third kappa shape index (κ3) is 1.53. The van der Waals surface area contributed by atoms with Crippen molar-refractivity contribution in [2.24, 2.45) is 11.5 Å². The number of nitrogens with zero attached hydrogens (tertiary/aromatic N) is 2. The van der Waals surface area contributed by atoms with Crippen LogP contribution in [0.2, 0.25) is 0 Å². The number of aliphatic hydroxyl groups is 1. The molecule has 2 unspecified atom stereocenters. The van der Waals surface area contributed by atoms with Gasteiger partial charge in [-0.05, 0) is 0 Å². The number of aliphatic hydroxyl groups excluding tert-OH is 1. The lowest BCUT2D eigenvalue weighted by atomic mass is 10.2. The Balaban J connectivity index is 2.39. The molecule has 1 aromatic heterocycles. The molecule has 0 radical (unpaired) electrons. The fourth-order valence-electron chi connectivity index (χ4n) is 1.31. The average molecular weight is 196 g/mol. The van der Waals surface area contributed by atoms with Crippen LogP contribution in [-0.2, 0) is 6.61 Å². The summed E-state index contributed by atoms with van der Waals surface area (Å²) in [5.41, 5.74) is 12.4. The van der Waals surface area contributed by atoms with Crippen molar-refractivity contribution in [3.8, 4) is 0 Å². The highest BCUT2D eigenvalue weighted by Crippen LogP contribution is 2.19. The van der Waals surface area contributed by atoms with Crippen LogP contribution in [0.25, 0.3) is 0 Å². The number of fused-ring (bicyclic) bond motifs is 1. The normalized spacial score (nSPS) is 25.4. The van der Waals surface area contributed by atoms with Crippen LogP contribution in [0, 0.1) is 0 Å². The van der Waals surface area contributed by atoms with Crippen LogP contribution in [0.1, 0.15) is 17.6 Å². The van der Waals surface area contributed by atoms with E-state index in [-0.39, 0.29) is 6.61 Å². The Morgan fingerprint density at radius 3 is 3.00 bits per heavy atom. The largest absolute Gasteiger partial charge is 0.390 e. The lowest BCUT2D eigenvalue weighted by molar-refractivity contribution is 0.275. The van der Waals surface area contributed by atoms with Gasteiger partial charge in [-0.1, -0.05) is 0 Å². The van der Waals surface area contributed by atoms with Gasteiger partial charge in [-0.25, -0.2) is 9.97 Å². The van der Waals surface area contributed by atoms with Gasteiger partial charge in [-0.2, -0.15) is 0 Å². The van der Waals surface area contributed by atoms with E-state index in [0.717, 1.165) is 0 Å². The van der Waals surface area contributed by atoms with Gasteiger partial charge in [0.05, 0.1) is 18.5 Å². The summed E-state index contributed by atoms with van der Waals surface area (Å²) in [6.45, 7) is -0.154. The van der Waals surface area contributed by atoms with Gasteiger partial charge in [-0.15, -0.1) is 0 Å². The summed E-state index contributed by atoms with van der Waals surface area (Å²) in [4.78, 5) is 8.19. The quantitative estimate of drug-likeness (QED) is 0.358. The third-order valence-electron chi connectivity index (χ3n) is 1.96. The maximum absolute atomic E-state index is 8.87. The predicted molar refractivity (Wildman–Crippen MR) is 49.6 cm³/mol. The van der Waals surface area contributed by atoms with E-state index in [1.807, 2.05) is 0 Å². The molecule has 0 aliphatic carbocycles. The molecule has 1 aliphatic heterocycles. The molecule has 0 fully saturated rings. The smallest absolute Gasteiger partial charge is 0.153 e. The number of nitrogens with two attached hydrogens (primary N) is 2. The van der Waals surface area contributed by atoms with Crippen molar-refractivity contribution < 1.29 is 5.11 Å². The molecule has 0 aromatic carbocycles. The Kier molecular flexibility index (Phi) is 2.30. The molecule has 1 aliphatic rings.